The van der Waals surface area contributed by atoms with Gasteiger partial charge in [-0.2, -0.15) is 0 Å². The fourth-order valence-electron chi connectivity index (χ4n) is 13.6. The molecule has 1 spiro atoms. The van der Waals surface area contributed by atoms with Gasteiger partial charge in [-0.25, -0.2) is 0 Å². The van der Waals surface area contributed by atoms with Crippen LogP contribution in [0, 0.1) is 17.3 Å². The molecular weight excluding hydrogens is 785 g/mol. The second-order valence-electron chi connectivity index (χ2n) is 19.4. The summed E-state index contributed by atoms with van der Waals surface area (Å²) in [6.45, 7) is 13.2. The molecule has 12 nitrogen and oxygen atoms in total. The molecule has 1 unspecified atom stereocenters. The van der Waals surface area contributed by atoms with Gasteiger partial charge in [0.25, 0.3) is 0 Å². The lowest BCUT2D eigenvalue weighted by Crippen LogP contribution is -2.80. The van der Waals surface area contributed by atoms with Crippen LogP contribution in [0.5, 0.6) is 5.75 Å². The second kappa shape index (κ2) is 15.6. The highest BCUT2D eigenvalue weighted by molar-refractivity contribution is 5.94. The number of rotatable bonds is 10. The number of aromatic amines is 1. The number of esters is 3. The normalized spacial score (nSPS) is 33.4. The number of para-hydroxylation sites is 1. The van der Waals surface area contributed by atoms with E-state index in [1.165, 1.54) is 19.6 Å². The Bertz CT molecular complexity index is 2350. The summed E-state index contributed by atoms with van der Waals surface area (Å²) in [5.74, 6) is -0.665. The fourth-order valence-corrected chi connectivity index (χ4v) is 13.6. The highest BCUT2D eigenvalue weighted by atomic mass is 16.6. The van der Waals surface area contributed by atoms with Gasteiger partial charge in [0.05, 0.1) is 20.3 Å². The number of fused-ring (bicyclic) bond motifs is 6. The highest BCUT2D eigenvalue weighted by Gasteiger charge is 2.78. The Balaban J connectivity index is 1.33. The summed E-state index contributed by atoms with van der Waals surface area (Å²) in [6.07, 6.45) is 9.17. The van der Waals surface area contributed by atoms with Crippen LogP contribution in [-0.2, 0) is 45.8 Å². The number of benzene rings is 2. The second-order valence-corrected chi connectivity index (χ2v) is 19.4. The quantitative estimate of drug-likeness (QED) is 0.137. The number of aliphatic hydroxyl groups is 1. The molecule has 2 bridgehead atoms. The molecule has 5 aliphatic heterocycles. The summed E-state index contributed by atoms with van der Waals surface area (Å²) < 4.78 is 24.9. The summed E-state index contributed by atoms with van der Waals surface area (Å²) >= 11 is 0. The van der Waals surface area contributed by atoms with E-state index in [0.717, 1.165) is 72.4 Å². The third-order valence-electron chi connectivity index (χ3n) is 15.7. The van der Waals surface area contributed by atoms with Crippen molar-refractivity contribution in [1.82, 2.24) is 14.8 Å². The minimum Gasteiger partial charge on any atom is -0.496 e. The van der Waals surface area contributed by atoms with Gasteiger partial charge in [-0.3, -0.25) is 24.2 Å². The molecule has 62 heavy (non-hydrogen) atoms. The fraction of sp³-hybridized carbons (Fsp3) is 0.580. The van der Waals surface area contributed by atoms with Crippen molar-refractivity contribution in [1.29, 1.82) is 0 Å². The first-order valence-corrected chi connectivity index (χ1v) is 22.8. The van der Waals surface area contributed by atoms with Gasteiger partial charge >= 0.3 is 17.9 Å². The molecule has 12 heteroatoms. The molecule has 1 saturated heterocycles. The van der Waals surface area contributed by atoms with E-state index >= 15 is 4.79 Å². The van der Waals surface area contributed by atoms with Crippen LogP contribution in [0.25, 0.3) is 10.9 Å². The molecule has 1 aromatic heterocycles. The van der Waals surface area contributed by atoms with E-state index in [1.807, 2.05) is 33.0 Å². The zero-order valence-electron chi connectivity index (χ0n) is 37.7. The first-order chi connectivity index (χ1) is 29.7. The zero-order chi connectivity index (χ0) is 43.9. The van der Waals surface area contributed by atoms with Crippen molar-refractivity contribution in [3.63, 3.8) is 0 Å². The lowest BCUT2D eigenvalue weighted by atomic mass is 9.47. The molecule has 3 aromatic rings. The van der Waals surface area contributed by atoms with Crippen molar-refractivity contribution in [3.05, 3.63) is 82.6 Å². The molecule has 332 valence electrons. The molecule has 1 aliphatic carbocycles. The summed E-state index contributed by atoms with van der Waals surface area (Å²) in [5.41, 5.74) is 2.02. The monoisotopic (exact) mass is 848 g/mol. The molecule has 2 aromatic carbocycles. The van der Waals surface area contributed by atoms with Crippen molar-refractivity contribution in [2.75, 3.05) is 65.5 Å². The Morgan fingerprint density at radius 3 is 2.55 bits per heavy atom. The van der Waals surface area contributed by atoms with Gasteiger partial charge in [-0.05, 0) is 73.7 Å². The molecule has 1 saturated carbocycles. The Kier molecular flexibility index (Phi) is 10.7. The van der Waals surface area contributed by atoms with Gasteiger partial charge in [-0.1, -0.05) is 69.7 Å². The van der Waals surface area contributed by atoms with Crippen LogP contribution in [0.4, 0.5) is 5.69 Å². The number of aromatic nitrogens is 1. The van der Waals surface area contributed by atoms with Crippen LogP contribution < -0.4 is 9.64 Å². The first-order valence-electron chi connectivity index (χ1n) is 22.8. The lowest BCUT2D eigenvalue weighted by molar-refractivity contribution is -0.232. The molecule has 6 heterocycles. The van der Waals surface area contributed by atoms with Gasteiger partial charge < -0.3 is 33.9 Å². The first kappa shape index (κ1) is 42.6. The lowest BCUT2D eigenvalue weighted by Gasteiger charge is -2.64. The number of ether oxygens (including phenoxy) is 4. The molecule has 0 radical (unpaired) electrons. The minimum atomic E-state index is -1.85. The number of carbonyl (C=O) groups excluding carboxylic acids is 3. The van der Waals surface area contributed by atoms with Crippen molar-refractivity contribution in [2.24, 2.45) is 17.3 Å². The van der Waals surface area contributed by atoms with Gasteiger partial charge in [0.2, 0.25) is 0 Å². The maximum Gasteiger partial charge on any atom is 0.322 e. The van der Waals surface area contributed by atoms with Crippen LogP contribution in [0.3, 0.4) is 0 Å². The Morgan fingerprint density at radius 2 is 1.84 bits per heavy atom. The van der Waals surface area contributed by atoms with Gasteiger partial charge in [-0.15, -0.1) is 0 Å². The molecule has 0 amide bonds. The predicted molar refractivity (Wildman–Crippen MR) is 237 cm³/mol. The number of carbonyl (C=O) groups is 3. The van der Waals surface area contributed by atoms with Gasteiger partial charge in [0.15, 0.2) is 5.60 Å². The highest BCUT2D eigenvalue weighted by Crippen LogP contribution is 2.68. The number of likely N-dealkylation sites (N-methyl/N-ethyl adjacent to an activating group) is 1. The number of methoxy groups -OCH3 is 2. The predicted octanol–water partition coefficient (Wildman–Crippen LogP) is 6.21. The molecular formula is C50H64N4O8. The number of hydrogen-bond acceptors (Lipinski definition) is 11. The van der Waals surface area contributed by atoms with Crippen LogP contribution in [0.2, 0.25) is 0 Å². The van der Waals surface area contributed by atoms with E-state index in [4.69, 9.17) is 18.9 Å². The van der Waals surface area contributed by atoms with E-state index in [1.54, 1.807) is 7.11 Å². The number of anilines is 1. The van der Waals surface area contributed by atoms with Crippen molar-refractivity contribution in [2.45, 2.75) is 108 Å². The summed E-state index contributed by atoms with van der Waals surface area (Å²) in [6, 6.07) is 11.6. The van der Waals surface area contributed by atoms with Gasteiger partial charge in [0.1, 0.15) is 23.9 Å². The SMILES string of the molecule is CCC1=C[C@@H]2CN(CCc3c([nH]c4ccccc34)[C@@](C(=O)OC)(c3cc4c(cc3OC)N(C)[C@H]3[C@@](O)(COC(=O)CC(C)C)[C@H](OC(C)=O)[C@]5(CC)C=CCN6CC[C@]43[C@@H]65)C2)C1. The average Bonchev–Trinajstić information content (AvgIpc) is 3.92. The molecule has 2 fully saturated rings. The van der Waals surface area contributed by atoms with E-state index < -0.39 is 45.9 Å². The average molecular weight is 849 g/mol. The number of nitrogens with one attached hydrogen (secondary N) is 1. The Morgan fingerprint density at radius 1 is 1.05 bits per heavy atom. The van der Waals surface area contributed by atoms with Crippen molar-refractivity contribution in [3.8, 4) is 5.75 Å². The Hall–Kier alpha value is -4.65. The Labute approximate surface area is 365 Å². The maximum atomic E-state index is 15.4. The topological polar surface area (TPSA) is 134 Å². The largest absolute Gasteiger partial charge is 0.496 e. The molecule has 9 rings (SSSR count). The third kappa shape index (κ3) is 6.05. The molecule has 9 atom stereocenters. The van der Waals surface area contributed by atoms with E-state index in [9.17, 15) is 14.7 Å². The minimum absolute atomic E-state index is 0.0321. The summed E-state index contributed by atoms with van der Waals surface area (Å²) in [4.78, 5) is 52.9. The maximum absolute atomic E-state index is 15.4. The van der Waals surface area contributed by atoms with Crippen LogP contribution in [-0.4, -0.2) is 122 Å². The summed E-state index contributed by atoms with van der Waals surface area (Å²) in [7, 11) is 5.11. The van der Waals surface area contributed by atoms with E-state index in [-0.39, 0.29) is 36.9 Å². The number of nitrogens with zero attached hydrogens (tertiary/aromatic N) is 3. The number of hydrogen-bond donors (Lipinski definition) is 2. The number of H-pyrrole nitrogens is 1. The van der Waals surface area contributed by atoms with Crippen LogP contribution in [0.15, 0.2) is 60.2 Å². The smallest absolute Gasteiger partial charge is 0.322 e. The third-order valence-corrected chi connectivity index (χ3v) is 15.7. The van der Waals surface area contributed by atoms with Crippen molar-refractivity contribution >= 4 is 34.5 Å². The van der Waals surface area contributed by atoms with Crippen LogP contribution in [0.1, 0.15) is 89.1 Å². The van der Waals surface area contributed by atoms with E-state index in [2.05, 4.69) is 76.0 Å². The van der Waals surface area contributed by atoms with Crippen molar-refractivity contribution < 1.29 is 38.4 Å². The zero-order valence-corrected chi connectivity index (χ0v) is 37.7. The molecule has 6 aliphatic rings. The van der Waals surface area contributed by atoms with Crippen LogP contribution >= 0.6 is 0 Å². The van der Waals surface area contributed by atoms with Gasteiger partial charge in [0, 0.05) is 97.4 Å². The summed E-state index contributed by atoms with van der Waals surface area (Å²) in [5, 5.41) is 14.8. The van der Waals surface area contributed by atoms with E-state index in [0.29, 0.717) is 37.1 Å². The standard InChI is InChI=1S/C50H64N4O8/c1-9-32-23-33-26-49(46(57)60-8,42-35(16-20-53(27-32)28-33)34-14-11-12-15-38(34)51-42)37-24-36-39(25-40(37)59-7)52(6)44-48(36)18-21-54-19-13-17-47(10-2,43(48)54)45(62-31(5)55)50(44,58)29-61-41(56)22-30(3)4/h11-15,17,23-25,30,33,43-45,51,58H,9-10,16,18-22,26-29H2,1-8H3/t33-,43-,44+,45+,47+,48+,49-,50-/m0/s1. The molecule has 2 N–H and O–H groups in total.